The van der Waals surface area contributed by atoms with E-state index in [-0.39, 0.29) is 5.91 Å². The quantitative estimate of drug-likeness (QED) is 0.691. The highest BCUT2D eigenvalue weighted by molar-refractivity contribution is 5.73. The number of hydrogen-bond donors (Lipinski definition) is 1. The summed E-state index contributed by atoms with van der Waals surface area (Å²) < 4.78 is 0. The lowest BCUT2D eigenvalue weighted by Crippen LogP contribution is -2.51. The average molecular weight is 240 g/mol. The van der Waals surface area contributed by atoms with Gasteiger partial charge in [-0.25, -0.2) is 0 Å². The zero-order valence-corrected chi connectivity index (χ0v) is 10.8. The molecule has 2 aliphatic heterocycles. The highest BCUT2D eigenvalue weighted by Gasteiger charge is 2.19. The highest BCUT2D eigenvalue weighted by atomic mass is 16.2. The fraction of sp³-hybridized carbons (Fsp3) is 0.917. The van der Waals surface area contributed by atoms with Crippen molar-refractivity contribution in [3.63, 3.8) is 0 Å². The number of piperazine rings is 2. The van der Waals surface area contributed by atoms with E-state index in [1.165, 1.54) is 19.6 Å². The van der Waals surface area contributed by atoms with Gasteiger partial charge in [0, 0.05) is 72.4 Å². The third-order valence-corrected chi connectivity index (χ3v) is 3.76. The van der Waals surface area contributed by atoms with E-state index < -0.39 is 0 Å². The minimum absolute atomic E-state index is 0.215. The van der Waals surface area contributed by atoms with Crippen molar-refractivity contribution in [3.8, 4) is 0 Å². The van der Waals surface area contributed by atoms with Gasteiger partial charge in [0.15, 0.2) is 0 Å². The van der Waals surface area contributed by atoms with Crippen molar-refractivity contribution in [2.45, 2.75) is 6.92 Å². The van der Waals surface area contributed by atoms with Gasteiger partial charge in [0.05, 0.1) is 0 Å². The number of carbonyl (C=O) groups is 1. The molecule has 2 aliphatic rings. The van der Waals surface area contributed by atoms with Crippen LogP contribution in [0.1, 0.15) is 6.92 Å². The molecule has 0 aromatic carbocycles. The molecule has 5 nitrogen and oxygen atoms in total. The van der Waals surface area contributed by atoms with Crippen molar-refractivity contribution >= 4 is 5.91 Å². The zero-order valence-electron chi connectivity index (χ0n) is 10.8. The molecular formula is C12H24N4O. The minimum Gasteiger partial charge on any atom is -0.340 e. The van der Waals surface area contributed by atoms with Crippen molar-refractivity contribution in [1.82, 2.24) is 20.0 Å². The molecule has 0 aromatic rings. The molecule has 98 valence electrons. The second-order valence-corrected chi connectivity index (χ2v) is 4.94. The predicted molar refractivity (Wildman–Crippen MR) is 68.0 cm³/mol. The monoisotopic (exact) mass is 240 g/mol. The number of nitrogens with one attached hydrogen (secondary N) is 1. The Kier molecular flexibility index (Phi) is 4.76. The first-order chi connectivity index (χ1) is 8.25. The molecule has 2 fully saturated rings. The summed E-state index contributed by atoms with van der Waals surface area (Å²) in [6.07, 6.45) is 0. The van der Waals surface area contributed by atoms with E-state index in [1.807, 2.05) is 4.90 Å². The lowest BCUT2D eigenvalue weighted by Gasteiger charge is -2.36. The summed E-state index contributed by atoms with van der Waals surface area (Å²) in [4.78, 5) is 18.1. The number of rotatable bonds is 3. The lowest BCUT2D eigenvalue weighted by molar-refractivity contribution is -0.130. The maximum atomic E-state index is 11.2. The van der Waals surface area contributed by atoms with Crippen molar-refractivity contribution in [3.05, 3.63) is 0 Å². The van der Waals surface area contributed by atoms with Gasteiger partial charge in [-0.1, -0.05) is 0 Å². The molecular weight excluding hydrogens is 216 g/mol. The lowest BCUT2D eigenvalue weighted by atomic mass is 10.3. The molecule has 5 heteroatoms. The van der Waals surface area contributed by atoms with Crippen LogP contribution in [-0.2, 0) is 4.79 Å². The Morgan fingerprint density at radius 2 is 1.47 bits per heavy atom. The van der Waals surface area contributed by atoms with Crippen LogP contribution in [0, 0.1) is 0 Å². The number of hydrogen-bond acceptors (Lipinski definition) is 4. The van der Waals surface area contributed by atoms with Crippen LogP contribution in [-0.4, -0.2) is 86.1 Å². The SMILES string of the molecule is CC(=O)N1CCN(CCN2CCNCC2)CC1. The van der Waals surface area contributed by atoms with Gasteiger partial charge in [0.1, 0.15) is 0 Å². The molecule has 0 saturated carbocycles. The van der Waals surface area contributed by atoms with E-state index in [1.54, 1.807) is 6.92 Å². The summed E-state index contributed by atoms with van der Waals surface area (Å²) >= 11 is 0. The highest BCUT2D eigenvalue weighted by Crippen LogP contribution is 2.02. The van der Waals surface area contributed by atoms with Crippen molar-refractivity contribution in [2.24, 2.45) is 0 Å². The second kappa shape index (κ2) is 6.33. The molecule has 0 radical (unpaired) electrons. The largest absolute Gasteiger partial charge is 0.340 e. The Morgan fingerprint density at radius 3 is 2.00 bits per heavy atom. The third kappa shape index (κ3) is 3.94. The summed E-state index contributed by atoms with van der Waals surface area (Å²) in [6.45, 7) is 12.4. The van der Waals surface area contributed by atoms with E-state index in [2.05, 4.69) is 15.1 Å². The Bertz CT molecular complexity index is 245. The molecule has 0 atom stereocenters. The van der Waals surface area contributed by atoms with Crippen LogP contribution in [0.5, 0.6) is 0 Å². The Balaban J connectivity index is 1.62. The zero-order chi connectivity index (χ0) is 12.1. The smallest absolute Gasteiger partial charge is 0.219 e. The molecule has 1 amide bonds. The number of carbonyl (C=O) groups excluding carboxylic acids is 1. The molecule has 0 aliphatic carbocycles. The molecule has 0 spiro atoms. The van der Waals surface area contributed by atoms with Gasteiger partial charge in [0.25, 0.3) is 0 Å². The fourth-order valence-electron chi connectivity index (χ4n) is 2.50. The van der Waals surface area contributed by atoms with E-state index in [9.17, 15) is 4.79 Å². The summed E-state index contributed by atoms with van der Waals surface area (Å²) in [6, 6.07) is 0. The molecule has 2 rings (SSSR count). The topological polar surface area (TPSA) is 38.8 Å². The minimum atomic E-state index is 0.215. The van der Waals surface area contributed by atoms with E-state index in [4.69, 9.17) is 0 Å². The van der Waals surface area contributed by atoms with Gasteiger partial charge in [0.2, 0.25) is 5.91 Å². The van der Waals surface area contributed by atoms with Crippen molar-refractivity contribution < 1.29 is 4.79 Å². The van der Waals surface area contributed by atoms with Crippen LogP contribution in [0.4, 0.5) is 0 Å². The predicted octanol–water partition coefficient (Wildman–Crippen LogP) is -0.944. The normalized spacial score (nSPS) is 23.9. The van der Waals surface area contributed by atoms with Crippen molar-refractivity contribution in [1.29, 1.82) is 0 Å². The van der Waals surface area contributed by atoms with Crippen LogP contribution in [0.25, 0.3) is 0 Å². The molecule has 0 unspecified atom stereocenters. The first kappa shape index (κ1) is 12.8. The van der Waals surface area contributed by atoms with Gasteiger partial charge >= 0.3 is 0 Å². The van der Waals surface area contributed by atoms with Crippen molar-refractivity contribution in [2.75, 3.05) is 65.4 Å². The summed E-state index contributed by atoms with van der Waals surface area (Å²) in [7, 11) is 0. The Labute approximate surface area is 104 Å². The van der Waals surface area contributed by atoms with Gasteiger partial charge in [-0.05, 0) is 0 Å². The molecule has 17 heavy (non-hydrogen) atoms. The number of nitrogens with zero attached hydrogens (tertiary/aromatic N) is 3. The van der Waals surface area contributed by atoms with Gasteiger partial charge < -0.3 is 10.2 Å². The maximum absolute atomic E-state index is 11.2. The first-order valence-electron chi connectivity index (χ1n) is 6.66. The summed E-state index contributed by atoms with van der Waals surface area (Å²) in [5, 5.41) is 3.37. The van der Waals surface area contributed by atoms with Crippen LogP contribution < -0.4 is 5.32 Å². The summed E-state index contributed by atoms with van der Waals surface area (Å²) in [5.74, 6) is 0.215. The third-order valence-electron chi connectivity index (χ3n) is 3.76. The van der Waals surface area contributed by atoms with Crippen LogP contribution in [0.15, 0.2) is 0 Å². The van der Waals surface area contributed by atoms with E-state index in [0.717, 1.165) is 45.8 Å². The number of amides is 1. The summed E-state index contributed by atoms with van der Waals surface area (Å²) in [5.41, 5.74) is 0. The molecule has 1 N–H and O–H groups in total. The molecule has 0 bridgehead atoms. The van der Waals surface area contributed by atoms with Gasteiger partial charge in [-0.3, -0.25) is 14.6 Å². The van der Waals surface area contributed by atoms with E-state index >= 15 is 0 Å². The van der Waals surface area contributed by atoms with Crippen LogP contribution in [0.2, 0.25) is 0 Å². The standard InChI is InChI=1S/C12H24N4O/c1-12(17)16-10-8-15(9-11-16)7-6-14-4-2-13-3-5-14/h13H,2-11H2,1H3. The first-order valence-corrected chi connectivity index (χ1v) is 6.66. The van der Waals surface area contributed by atoms with Gasteiger partial charge in [-0.15, -0.1) is 0 Å². The maximum Gasteiger partial charge on any atom is 0.219 e. The van der Waals surface area contributed by atoms with Crippen LogP contribution >= 0.6 is 0 Å². The molecule has 2 heterocycles. The van der Waals surface area contributed by atoms with Crippen LogP contribution in [0.3, 0.4) is 0 Å². The second-order valence-electron chi connectivity index (χ2n) is 4.94. The molecule has 2 saturated heterocycles. The Hall–Kier alpha value is -0.650. The average Bonchev–Trinajstić information content (AvgIpc) is 2.38. The molecule has 0 aromatic heterocycles. The van der Waals surface area contributed by atoms with Gasteiger partial charge in [-0.2, -0.15) is 0 Å². The Morgan fingerprint density at radius 1 is 0.941 bits per heavy atom. The van der Waals surface area contributed by atoms with E-state index in [0.29, 0.717) is 0 Å². The fourth-order valence-corrected chi connectivity index (χ4v) is 2.50.